The number of rotatable bonds is 3. The Kier molecular flexibility index (Phi) is 4.36. The summed E-state index contributed by atoms with van der Waals surface area (Å²) in [5.74, 6) is -0.607. The highest BCUT2D eigenvalue weighted by atomic mass is 16.6. The Bertz CT molecular complexity index is 502. The maximum Gasteiger partial charge on any atom is 0.312 e. The first-order chi connectivity index (χ1) is 10.3. The fraction of sp³-hybridized carbons (Fsp3) is 0.895. The summed E-state index contributed by atoms with van der Waals surface area (Å²) in [7, 11) is 0. The van der Waals surface area contributed by atoms with Crippen molar-refractivity contribution in [1.29, 1.82) is 0 Å². The van der Waals surface area contributed by atoms with Gasteiger partial charge in [-0.2, -0.15) is 0 Å². The first-order valence-electron chi connectivity index (χ1n) is 8.78. The second-order valence-electron chi connectivity index (χ2n) is 9.66. The molecule has 0 radical (unpaired) electrons. The van der Waals surface area contributed by atoms with Gasteiger partial charge in [-0.05, 0) is 57.8 Å². The minimum Gasteiger partial charge on any atom is -0.481 e. The lowest BCUT2D eigenvalue weighted by atomic mass is 9.59. The van der Waals surface area contributed by atoms with Crippen molar-refractivity contribution in [2.24, 2.45) is 22.2 Å². The highest BCUT2D eigenvalue weighted by molar-refractivity contribution is 5.78. The molecule has 1 N–H and O–H groups in total. The zero-order valence-corrected chi connectivity index (χ0v) is 15.5. The van der Waals surface area contributed by atoms with Crippen LogP contribution in [0.2, 0.25) is 0 Å². The van der Waals surface area contributed by atoms with Gasteiger partial charge in [0.25, 0.3) is 0 Å². The van der Waals surface area contributed by atoms with E-state index in [1.54, 1.807) is 0 Å². The van der Waals surface area contributed by atoms with Crippen LogP contribution in [0.25, 0.3) is 0 Å². The van der Waals surface area contributed by atoms with Crippen molar-refractivity contribution in [2.45, 2.75) is 85.7 Å². The predicted molar refractivity (Wildman–Crippen MR) is 89.0 cm³/mol. The van der Waals surface area contributed by atoms with E-state index in [1.165, 1.54) is 0 Å². The standard InChI is InChI=1S/C19H32O4/c1-16(2,3)17(4,5)15(22)23-19-9-7-8-13(11-19)10-18(6,12-19)14(20)21/h13H,7-12H2,1-6H3,(H,20,21). The van der Waals surface area contributed by atoms with Crippen molar-refractivity contribution in [3.05, 3.63) is 0 Å². The van der Waals surface area contributed by atoms with Crippen molar-refractivity contribution in [2.75, 3.05) is 0 Å². The Labute approximate surface area is 140 Å². The van der Waals surface area contributed by atoms with Gasteiger partial charge in [0.1, 0.15) is 5.60 Å². The maximum atomic E-state index is 12.9. The van der Waals surface area contributed by atoms with E-state index in [1.807, 2.05) is 41.5 Å². The van der Waals surface area contributed by atoms with Crippen molar-refractivity contribution >= 4 is 11.9 Å². The molecular weight excluding hydrogens is 292 g/mol. The van der Waals surface area contributed by atoms with E-state index >= 15 is 0 Å². The van der Waals surface area contributed by atoms with Crippen LogP contribution in [0.4, 0.5) is 0 Å². The summed E-state index contributed by atoms with van der Waals surface area (Å²) < 4.78 is 6.08. The number of carbonyl (C=O) groups is 2. The Morgan fingerprint density at radius 1 is 1.13 bits per heavy atom. The van der Waals surface area contributed by atoms with Gasteiger partial charge in [0.05, 0.1) is 10.8 Å². The monoisotopic (exact) mass is 324 g/mol. The SMILES string of the molecule is CC1(C(=O)O)CC2CCCC(OC(=O)C(C)(C)C(C)(C)C)(C2)C1. The van der Waals surface area contributed by atoms with Crippen LogP contribution in [0.15, 0.2) is 0 Å². The summed E-state index contributed by atoms with van der Waals surface area (Å²) in [6, 6.07) is 0. The minimum atomic E-state index is -0.782. The van der Waals surface area contributed by atoms with E-state index in [4.69, 9.17) is 4.74 Å². The minimum absolute atomic E-state index is 0.194. The lowest BCUT2D eigenvalue weighted by Crippen LogP contribution is -2.53. The van der Waals surface area contributed by atoms with Gasteiger partial charge in [0, 0.05) is 6.42 Å². The molecule has 2 bridgehead atoms. The first kappa shape index (κ1) is 18.3. The van der Waals surface area contributed by atoms with Crippen LogP contribution >= 0.6 is 0 Å². The summed E-state index contributed by atoms with van der Waals surface area (Å²) in [4.78, 5) is 24.6. The van der Waals surface area contributed by atoms with E-state index in [0.717, 1.165) is 25.7 Å². The second-order valence-corrected chi connectivity index (χ2v) is 9.66. The molecule has 0 spiro atoms. The molecule has 2 fully saturated rings. The number of hydrogen-bond donors (Lipinski definition) is 1. The molecule has 2 aliphatic rings. The molecule has 0 saturated heterocycles. The molecule has 0 aromatic heterocycles. The van der Waals surface area contributed by atoms with Gasteiger partial charge in [0.15, 0.2) is 0 Å². The molecule has 132 valence electrons. The van der Waals surface area contributed by atoms with Crippen LogP contribution in [-0.4, -0.2) is 22.6 Å². The van der Waals surface area contributed by atoms with Crippen LogP contribution in [-0.2, 0) is 14.3 Å². The second kappa shape index (κ2) is 5.49. The lowest BCUT2D eigenvalue weighted by Gasteiger charge is -2.51. The van der Waals surface area contributed by atoms with Crippen molar-refractivity contribution in [1.82, 2.24) is 0 Å². The molecule has 2 rings (SSSR count). The van der Waals surface area contributed by atoms with Crippen molar-refractivity contribution in [3.63, 3.8) is 0 Å². The summed E-state index contributed by atoms with van der Waals surface area (Å²) in [6.45, 7) is 11.8. The molecule has 0 aromatic carbocycles. The largest absolute Gasteiger partial charge is 0.481 e. The van der Waals surface area contributed by atoms with Gasteiger partial charge in [0.2, 0.25) is 0 Å². The third kappa shape index (κ3) is 3.27. The molecule has 23 heavy (non-hydrogen) atoms. The Morgan fingerprint density at radius 3 is 2.26 bits per heavy atom. The fourth-order valence-corrected chi connectivity index (χ4v) is 4.12. The topological polar surface area (TPSA) is 63.6 Å². The fourth-order valence-electron chi connectivity index (χ4n) is 4.12. The molecule has 2 aliphatic carbocycles. The number of fused-ring (bicyclic) bond motifs is 2. The molecular formula is C19H32O4. The molecule has 0 aliphatic heterocycles. The van der Waals surface area contributed by atoms with E-state index in [0.29, 0.717) is 18.8 Å². The predicted octanol–water partition coefficient (Wildman–Crippen LogP) is 4.42. The average molecular weight is 324 g/mol. The van der Waals surface area contributed by atoms with E-state index in [2.05, 4.69) is 0 Å². The van der Waals surface area contributed by atoms with E-state index in [-0.39, 0.29) is 11.4 Å². The van der Waals surface area contributed by atoms with Gasteiger partial charge >= 0.3 is 11.9 Å². The van der Waals surface area contributed by atoms with Crippen LogP contribution in [0.1, 0.15) is 80.1 Å². The Hall–Kier alpha value is -1.06. The number of ether oxygens (including phenoxy) is 1. The number of hydrogen-bond acceptors (Lipinski definition) is 3. The summed E-state index contributed by atoms with van der Waals surface area (Å²) >= 11 is 0. The summed E-state index contributed by atoms with van der Waals surface area (Å²) in [6.07, 6.45) is 4.82. The highest BCUT2D eigenvalue weighted by Gasteiger charge is 2.55. The van der Waals surface area contributed by atoms with Crippen molar-refractivity contribution in [3.8, 4) is 0 Å². The van der Waals surface area contributed by atoms with Crippen molar-refractivity contribution < 1.29 is 19.4 Å². The average Bonchev–Trinajstić information content (AvgIpc) is 2.35. The zero-order chi connectivity index (χ0) is 17.7. The van der Waals surface area contributed by atoms with Crippen LogP contribution in [0, 0.1) is 22.2 Å². The van der Waals surface area contributed by atoms with Crippen LogP contribution in [0.3, 0.4) is 0 Å². The third-order valence-corrected chi connectivity index (χ3v) is 6.57. The molecule has 3 atom stereocenters. The normalized spacial score (nSPS) is 34.8. The molecule has 4 heteroatoms. The Morgan fingerprint density at radius 2 is 1.74 bits per heavy atom. The quantitative estimate of drug-likeness (QED) is 0.781. The molecule has 0 heterocycles. The summed E-state index contributed by atoms with van der Waals surface area (Å²) in [5.41, 5.74) is -2.19. The van der Waals surface area contributed by atoms with Gasteiger partial charge in [-0.1, -0.05) is 27.2 Å². The number of aliphatic carboxylic acids is 1. The number of esters is 1. The zero-order valence-electron chi connectivity index (χ0n) is 15.5. The number of carbonyl (C=O) groups excluding carboxylic acids is 1. The molecule has 4 nitrogen and oxygen atoms in total. The maximum absolute atomic E-state index is 12.9. The number of carboxylic acid groups (broad SMARTS) is 1. The van der Waals surface area contributed by atoms with Crippen LogP contribution in [0.5, 0.6) is 0 Å². The number of carboxylic acids is 1. The first-order valence-corrected chi connectivity index (χ1v) is 8.78. The lowest BCUT2D eigenvalue weighted by molar-refractivity contribution is -0.197. The Balaban J connectivity index is 2.26. The van der Waals surface area contributed by atoms with E-state index < -0.39 is 22.4 Å². The highest BCUT2D eigenvalue weighted by Crippen LogP contribution is 2.53. The van der Waals surface area contributed by atoms with Gasteiger partial charge in [-0.3, -0.25) is 9.59 Å². The van der Waals surface area contributed by atoms with Gasteiger partial charge in [-0.15, -0.1) is 0 Å². The molecule has 2 saturated carbocycles. The van der Waals surface area contributed by atoms with Crippen LogP contribution < -0.4 is 0 Å². The molecule has 0 aromatic rings. The third-order valence-electron chi connectivity index (χ3n) is 6.57. The smallest absolute Gasteiger partial charge is 0.312 e. The van der Waals surface area contributed by atoms with Gasteiger partial charge < -0.3 is 9.84 Å². The van der Waals surface area contributed by atoms with E-state index in [9.17, 15) is 14.7 Å². The van der Waals surface area contributed by atoms with Gasteiger partial charge in [-0.25, -0.2) is 0 Å². The molecule has 3 unspecified atom stereocenters. The summed E-state index contributed by atoms with van der Waals surface area (Å²) in [5, 5.41) is 9.65. The molecule has 0 amide bonds.